The number of morpholine rings is 1. The first-order chi connectivity index (χ1) is 10.5. The third-order valence-electron chi connectivity index (χ3n) is 3.43. The highest BCUT2D eigenvalue weighted by atomic mass is 16.5. The number of carbonyl (C=O) groups is 2. The Hall–Kier alpha value is -2.08. The minimum absolute atomic E-state index is 0.0161. The van der Waals surface area contributed by atoms with Crippen molar-refractivity contribution in [3.8, 4) is 5.75 Å². The van der Waals surface area contributed by atoms with Crippen LogP contribution in [0, 0.1) is 0 Å². The zero-order valence-corrected chi connectivity index (χ0v) is 13.1. The number of hydrogen-bond donors (Lipinski definition) is 0. The molecule has 0 radical (unpaired) electrons. The Morgan fingerprint density at radius 3 is 2.50 bits per heavy atom. The Bertz CT molecular complexity index is 535. The van der Waals surface area contributed by atoms with E-state index in [0.717, 1.165) is 0 Å². The van der Waals surface area contributed by atoms with Crippen LogP contribution in [0.15, 0.2) is 24.3 Å². The summed E-state index contributed by atoms with van der Waals surface area (Å²) in [4.78, 5) is 25.8. The number of rotatable bonds is 4. The maximum atomic E-state index is 12.1. The van der Waals surface area contributed by atoms with Gasteiger partial charge in [-0.1, -0.05) is 12.1 Å². The number of benzene rings is 1. The van der Waals surface area contributed by atoms with Gasteiger partial charge in [0.1, 0.15) is 11.3 Å². The molecule has 0 bridgehead atoms. The highest BCUT2D eigenvalue weighted by Crippen LogP contribution is 2.18. The molecule has 2 atom stereocenters. The van der Waals surface area contributed by atoms with Crippen molar-refractivity contribution in [1.29, 1.82) is 0 Å². The standard InChI is InChI=1S/C16H21NO5/c1-11-8-17(9-12(2)22-11)15(18)10-21-16(19)13-6-4-5-7-14(13)20-3/h4-7,11-12H,8-10H2,1-3H3/t11-,12+. The Kier molecular flexibility index (Phi) is 5.38. The normalized spacial score (nSPS) is 21.3. The van der Waals surface area contributed by atoms with Gasteiger partial charge < -0.3 is 19.1 Å². The summed E-state index contributed by atoms with van der Waals surface area (Å²) in [6.07, 6.45) is -0.0322. The van der Waals surface area contributed by atoms with Gasteiger partial charge >= 0.3 is 5.97 Å². The SMILES string of the molecule is COc1ccccc1C(=O)OCC(=O)N1C[C@@H](C)O[C@@H](C)C1. The summed E-state index contributed by atoms with van der Waals surface area (Å²) in [6, 6.07) is 6.75. The molecule has 1 saturated heterocycles. The summed E-state index contributed by atoms with van der Waals surface area (Å²) in [5.74, 6) is -0.362. The Balaban J connectivity index is 1.92. The molecule has 1 aromatic carbocycles. The molecule has 22 heavy (non-hydrogen) atoms. The highest BCUT2D eigenvalue weighted by molar-refractivity contribution is 5.94. The molecule has 0 unspecified atom stereocenters. The number of nitrogens with zero attached hydrogens (tertiary/aromatic N) is 1. The smallest absolute Gasteiger partial charge is 0.342 e. The van der Waals surface area contributed by atoms with Crippen LogP contribution in [-0.2, 0) is 14.3 Å². The van der Waals surface area contributed by atoms with Gasteiger partial charge in [0.2, 0.25) is 0 Å². The largest absolute Gasteiger partial charge is 0.496 e. The third-order valence-corrected chi connectivity index (χ3v) is 3.43. The maximum absolute atomic E-state index is 12.1. The molecule has 0 saturated carbocycles. The Morgan fingerprint density at radius 2 is 1.86 bits per heavy atom. The van der Waals surface area contributed by atoms with Gasteiger partial charge in [0.25, 0.3) is 5.91 Å². The van der Waals surface area contributed by atoms with Crippen LogP contribution < -0.4 is 4.74 Å². The van der Waals surface area contributed by atoms with Gasteiger partial charge in [-0.25, -0.2) is 4.79 Å². The minimum Gasteiger partial charge on any atom is -0.496 e. The monoisotopic (exact) mass is 307 g/mol. The molecule has 6 heteroatoms. The Morgan fingerprint density at radius 1 is 1.23 bits per heavy atom. The van der Waals surface area contributed by atoms with E-state index < -0.39 is 5.97 Å². The molecule has 0 aromatic heterocycles. The lowest BCUT2D eigenvalue weighted by Gasteiger charge is -2.35. The fourth-order valence-corrected chi connectivity index (χ4v) is 2.49. The third kappa shape index (κ3) is 3.98. The maximum Gasteiger partial charge on any atom is 0.342 e. The van der Waals surface area contributed by atoms with Crippen molar-refractivity contribution in [3.63, 3.8) is 0 Å². The number of esters is 1. The number of methoxy groups -OCH3 is 1. The van der Waals surface area contributed by atoms with Crippen LogP contribution in [0.2, 0.25) is 0 Å². The van der Waals surface area contributed by atoms with Crippen molar-refractivity contribution in [2.45, 2.75) is 26.1 Å². The lowest BCUT2D eigenvalue weighted by atomic mass is 10.2. The molecule has 1 amide bonds. The molecular formula is C16H21NO5. The predicted octanol–water partition coefficient (Wildman–Crippen LogP) is 1.49. The first-order valence-electron chi connectivity index (χ1n) is 7.24. The number of amides is 1. The van der Waals surface area contributed by atoms with Gasteiger partial charge in [-0.2, -0.15) is 0 Å². The molecular weight excluding hydrogens is 286 g/mol. The van der Waals surface area contributed by atoms with Crippen LogP contribution >= 0.6 is 0 Å². The van der Waals surface area contributed by atoms with Gasteiger partial charge in [-0.05, 0) is 26.0 Å². The molecule has 1 fully saturated rings. The van der Waals surface area contributed by atoms with E-state index in [0.29, 0.717) is 24.4 Å². The zero-order chi connectivity index (χ0) is 16.1. The first kappa shape index (κ1) is 16.3. The average Bonchev–Trinajstić information content (AvgIpc) is 2.51. The summed E-state index contributed by atoms with van der Waals surface area (Å²) in [5, 5.41) is 0. The number of ether oxygens (including phenoxy) is 3. The summed E-state index contributed by atoms with van der Waals surface area (Å²) >= 11 is 0. The lowest BCUT2D eigenvalue weighted by Crippen LogP contribution is -2.49. The topological polar surface area (TPSA) is 65.1 Å². The molecule has 1 aromatic rings. The van der Waals surface area contributed by atoms with E-state index in [9.17, 15) is 9.59 Å². The summed E-state index contributed by atoms with van der Waals surface area (Å²) in [7, 11) is 1.48. The van der Waals surface area contributed by atoms with Gasteiger partial charge in [-0.15, -0.1) is 0 Å². The van der Waals surface area contributed by atoms with Crippen molar-refractivity contribution < 1.29 is 23.8 Å². The number of para-hydroxylation sites is 1. The average molecular weight is 307 g/mol. The molecule has 0 N–H and O–H groups in total. The molecule has 120 valence electrons. The van der Waals surface area contributed by atoms with Crippen molar-refractivity contribution in [2.75, 3.05) is 26.8 Å². The quantitative estimate of drug-likeness (QED) is 0.789. The van der Waals surface area contributed by atoms with Gasteiger partial charge in [-0.3, -0.25) is 4.79 Å². The molecule has 0 aliphatic carbocycles. The Labute approximate surface area is 129 Å². The molecule has 0 spiro atoms. The van der Waals surface area contributed by atoms with E-state index in [1.807, 2.05) is 13.8 Å². The van der Waals surface area contributed by atoms with E-state index in [4.69, 9.17) is 14.2 Å². The van der Waals surface area contributed by atoms with Gasteiger partial charge in [0, 0.05) is 13.1 Å². The highest BCUT2D eigenvalue weighted by Gasteiger charge is 2.26. The van der Waals surface area contributed by atoms with Crippen molar-refractivity contribution in [2.24, 2.45) is 0 Å². The van der Waals surface area contributed by atoms with Crippen LogP contribution in [0.1, 0.15) is 24.2 Å². The molecule has 6 nitrogen and oxygen atoms in total. The zero-order valence-electron chi connectivity index (χ0n) is 13.1. The van der Waals surface area contributed by atoms with Crippen LogP contribution in [0.4, 0.5) is 0 Å². The second-order valence-electron chi connectivity index (χ2n) is 5.33. The molecule has 2 rings (SSSR count). The van der Waals surface area contributed by atoms with E-state index in [-0.39, 0.29) is 24.7 Å². The first-order valence-corrected chi connectivity index (χ1v) is 7.24. The fraction of sp³-hybridized carbons (Fsp3) is 0.500. The van der Waals surface area contributed by atoms with Crippen LogP contribution in [0.3, 0.4) is 0 Å². The second-order valence-corrected chi connectivity index (χ2v) is 5.33. The van der Waals surface area contributed by atoms with Gasteiger partial charge in [0.15, 0.2) is 6.61 Å². The summed E-state index contributed by atoms with van der Waals surface area (Å²) < 4.78 is 15.8. The van der Waals surface area contributed by atoms with E-state index in [1.165, 1.54) is 7.11 Å². The van der Waals surface area contributed by atoms with Crippen LogP contribution in [0.25, 0.3) is 0 Å². The fourth-order valence-electron chi connectivity index (χ4n) is 2.49. The van der Waals surface area contributed by atoms with E-state index in [2.05, 4.69) is 0 Å². The van der Waals surface area contributed by atoms with Crippen molar-refractivity contribution in [3.05, 3.63) is 29.8 Å². The summed E-state index contributed by atoms with van der Waals surface area (Å²) in [6.45, 7) is 4.56. The van der Waals surface area contributed by atoms with Crippen molar-refractivity contribution in [1.82, 2.24) is 4.90 Å². The van der Waals surface area contributed by atoms with Gasteiger partial charge in [0.05, 0.1) is 19.3 Å². The summed E-state index contributed by atoms with van der Waals surface area (Å²) in [5.41, 5.74) is 0.307. The van der Waals surface area contributed by atoms with Crippen LogP contribution in [0.5, 0.6) is 5.75 Å². The van der Waals surface area contributed by atoms with E-state index >= 15 is 0 Å². The van der Waals surface area contributed by atoms with Crippen molar-refractivity contribution >= 4 is 11.9 Å². The molecule has 1 aliphatic rings. The number of hydrogen-bond acceptors (Lipinski definition) is 5. The lowest BCUT2D eigenvalue weighted by molar-refractivity contribution is -0.146. The van der Waals surface area contributed by atoms with Crippen LogP contribution in [-0.4, -0.2) is 55.8 Å². The van der Waals surface area contributed by atoms with E-state index in [1.54, 1.807) is 29.2 Å². The molecule has 1 heterocycles. The second kappa shape index (κ2) is 7.26. The predicted molar refractivity (Wildman–Crippen MR) is 79.9 cm³/mol. The molecule has 1 aliphatic heterocycles. The number of carbonyl (C=O) groups excluding carboxylic acids is 2. The minimum atomic E-state index is -0.569.